The Kier molecular flexibility index (Phi) is 3.09. The first-order valence-electron chi connectivity index (χ1n) is 4.67. The topological polar surface area (TPSA) is 30.5 Å². The highest BCUT2D eigenvalue weighted by atomic mass is 79.9. The molecule has 3 rings (SSSR count). The van der Waals surface area contributed by atoms with Crippen LogP contribution in [0.15, 0.2) is 16.6 Å². The first-order valence-corrected chi connectivity index (χ1v) is 5.46. The standard InChI is InChI=1S/C10H10BrNO2.ClH/c11-7-4-10-9(13-5-14-10)3-6(7)8-1-2-12-8;/h3-4,8,12H,1-2,5H2;1H/t8-;/m0./s1. The van der Waals surface area contributed by atoms with E-state index in [-0.39, 0.29) is 12.4 Å². The Hall–Kier alpha value is -0.450. The predicted octanol–water partition coefficient (Wildman–Crippen LogP) is 2.63. The van der Waals surface area contributed by atoms with Gasteiger partial charge in [0.2, 0.25) is 6.79 Å². The van der Waals surface area contributed by atoms with Gasteiger partial charge in [0, 0.05) is 10.5 Å². The summed E-state index contributed by atoms with van der Waals surface area (Å²) in [5.41, 5.74) is 1.26. The summed E-state index contributed by atoms with van der Waals surface area (Å²) >= 11 is 3.55. The normalized spacial score (nSPS) is 21.8. The Morgan fingerprint density at radius 2 is 1.93 bits per heavy atom. The van der Waals surface area contributed by atoms with Crippen molar-refractivity contribution in [1.82, 2.24) is 5.32 Å². The van der Waals surface area contributed by atoms with Crippen molar-refractivity contribution in [3.8, 4) is 11.5 Å². The van der Waals surface area contributed by atoms with E-state index in [1.165, 1.54) is 12.0 Å². The fraction of sp³-hybridized carbons (Fsp3) is 0.400. The smallest absolute Gasteiger partial charge is 0.231 e. The van der Waals surface area contributed by atoms with Crippen molar-refractivity contribution in [2.24, 2.45) is 0 Å². The van der Waals surface area contributed by atoms with Crippen molar-refractivity contribution in [3.63, 3.8) is 0 Å². The van der Waals surface area contributed by atoms with Gasteiger partial charge in [0.25, 0.3) is 0 Å². The molecule has 15 heavy (non-hydrogen) atoms. The van der Waals surface area contributed by atoms with Crippen molar-refractivity contribution in [2.45, 2.75) is 12.5 Å². The lowest BCUT2D eigenvalue weighted by atomic mass is 9.98. The molecule has 2 heterocycles. The summed E-state index contributed by atoms with van der Waals surface area (Å²) in [6, 6.07) is 4.51. The Morgan fingerprint density at radius 3 is 2.53 bits per heavy atom. The van der Waals surface area contributed by atoms with Crippen LogP contribution in [0.1, 0.15) is 18.0 Å². The van der Waals surface area contributed by atoms with Crippen LogP contribution in [0.25, 0.3) is 0 Å². The molecule has 2 aliphatic heterocycles. The molecule has 1 N–H and O–H groups in total. The first-order chi connectivity index (χ1) is 6.84. The van der Waals surface area contributed by atoms with E-state index in [1.54, 1.807) is 0 Å². The first kappa shape index (κ1) is 11.0. The molecule has 1 saturated heterocycles. The van der Waals surface area contributed by atoms with Crippen molar-refractivity contribution in [3.05, 3.63) is 22.2 Å². The second-order valence-electron chi connectivity index (χ2n) is 3.52. The third-order valence-corrected chi connectivity index (χ3v) is 3.38. The van der Waals surface area contributed by atoms with Crippen LogP contribution in [-0.4, -0.2) is 13.3 Å². The van der Waals surface area contributed by atoms with Crippen LogP contribution in [-0.2, 0) is 0 Å². The summed E-state index contributed by atoms with van der Waals surface area (Å²) in [5.74, 6) is 1.69. The zero-order valence-corrected chi connectivity index (χ0v) is 10.4. The van der Waals surface area contributed by atoms with Gasteiger partial charge in [-0.05, 0) is 30.7 Å². The van der Waals surface area contributed by atoms with Crippen LogP contribution in [0, 0.1) is 0 Å². The van der Waals surface area contributed by atoms with Gasteiger partial charge >= 0.3 is 0 Å². The van der Waals surface area contributed by atoms with E-state index in [0.29, 0.717) is 12.8 Å². The minimum absolute atomic E-state index is 0. The molecule has 0 aromatic heterocycles. The summed E-state index contributed by atoms with van der Waals surface area (Å²) in [5, 5.41) is 3.37. The van der Waals surface area contributed by atoms with Gasteiger partial charge in [-0.2, -0.15) is 0 Å². The Balaban J connectivity index is 0.000000853. The number of hydrogen-bond donors (Lipinski definition) is 1. The maximum absolute atomic E-state index is 5.34. The van der Waals surface area contributed by atoms with Crippen molar-refractivity contribution in [2.75, 3.05) is 13.3 Å². The highest BCUT2D eigenvalue weighted by Crippen LogP contribution is 2.40. The van der Waals surface area contributed by atoms with Gasteiger partial charge in [-0.1, -0.05) is 15.9 Å². The van der Waals surface area contributed by atoms with E-state index in [1.807, 2.05) is 6.07 Å². The Bertz CT molecular complexity index is 382. The molecule has 2 aliphatic rings. The summed E-state index contributed by atoms with van der Waals surface area (Å²) in [6.45, 7) is 1.44. The Morgan fingerprint density at radius 1 is 1.27 bits per heavy atom. The summed E-state index contributed by atoms with van der Waals surface area (Å²) < 4.78 is 11.7. The predicted molar refractivity (Wildman–Crippen MR) is 62.9 cm³/mol. The number of ether oxygens (including phenoxy) is 2. The summed E-state index contributed by atoms with van der Waals surface area (Å²) in [4.78, 5) is 0. The van der Waals surface area contributed by atoms with E-state index in [2.05, 4.69) is 27.3 Å². The fourth-order valence-electron chi connectivity index (χ4n) is 1.75. The second-order valence-corrected chi connectivity index (χ2v) is 4.38. The van der Waals surface area contributed by atoms with Crippen LogP contribution in [0.3, 0.4) is 0 Å². The molecule has 0 unspecified atom stereocenters. The van der Waals surface area contributed by atoms with Gasteiger partial charge in [0.05, 0.1) is 0 Å². The van der Waals surface area contributed by atoms with Crippen LogP contribution in [0.2, 0.25) is 0 Å². The summed E-state index contributed by atoms with van der Waals surface area (Å²) in [6.07, 6.45) is 1.19. The van der Waals surface area contributed by atoms with Gasteiger partial charge in [0.15, 0.2) is 11.5 Å². The number of rotatable bonds is 1. The molecule has 1 fully saturated rings. The third-order valence-electron chi connectivity index (χ3n) is 2.69. The van der Waals surface area contributed by atoms with Gasteiger partial charge in [-0.15, -0.1) is 12.4 Å². The maximum Gasteiger partial charge on any atom is 0.231 e. The average Bonchev–Trinajstić information content (AvgIpc) is 2.48. The van der Waals surface area contributed by atoms with Crippen molar-refractivity contribution < 1.29 is 9.47 Å². The zero-order chi connectivity index (χ0) is 9.54. The van der Waals surface area contributed by atoms with Gasteiger partial charge in [-0.3, -0.25) is 0 Å². The molecule has 3 nitrogen and oxygen atoms in total. The molecule has 0 saturated carbocycles. The lowest BCUT2D eigenvalue weighted by Gasteiger charge is -2.28. The average molecular weight is 293 g/mol. The van der Waals surface area contributed by atoms with Crippen LogP contribution in [0.5, 0.6) is 11.5 Å². The minimum Gasteiger partial charge on any atom is -0.454 e. The highest BCUT2D eigenvalue weighted by molar-refractivity contribution is 9.10. The molecule has 82 valence electrons. The largest absolute Gasteiger partial charge is 0.454 e. The van der Waals surface area contributed by atoms with E-state index in [0.717, 1.165) is 22.5 Å². The molecule has 1 atom stereocenters. The van der Waals surface area contributed by atoms with Crippen LogP contribution < -0.4 is 14.8 Å². The third kappa shape index (κ3) is 1.82. The van der Waals surface area contributed by atoms with Crippen molar-refractivity contribution >= 4 is 28.3 Å². The molecule has 0 aliphatic carbocycles. The Labute approximate surface area is 103 Å². The quantitative estimate of drug-likeness (QED) is 0.863. The number of hydrogen-bond acceptors (Lipinski definition) is 3. The molecule has 1 aromatic carbocycles. The number of nitrogens with one attached hydrogen (secondary N) is 1. The zero-order valence-electron chi connectivity index (χ0n) is 7.96. The van der Waals surface area contributed by atoms with Gasteiger partial charge in [-0.25, -0.2) is 0 Å². The number of fused-ring (bicyclic) bond motifs is 1. The highest BCUT2D eigenvalue weighted by Gasteiger charge is 2.24. The van der Waals surface area contributed by atoms with E-state index in [9.17, 15) is 0 Å². The van der Waals surface area contributed by atoms with Crippen LogP contribution in [0.4, 0.5) is 0 Å². The SMILES string of the molecule is Brc1cc2c(cc1[C@@H]1CCN1)OCO2.Cl. The number of benzene rings is 1. The monoisotopic (exact) mass is 291 g/mol. The second kappa shape index (κ2) is 4.20. The fourth-order valence-corrected chi connectivity index (χ4v) is 2.35. The van der Waals surface area contributed by atoms with E-state index < -0.39 is 0 Å². The molecule has 0 bridgehead atoms. The van der Waals surface area contributed by atoms with Gasteiger partial charge in [0.1, 0.15) is 0 Å². The van der Waals surface area contributed by atoms with Crippen molar-refractivity contribution in [1.29, 1.82) is 0 Å². The number of halogens is 2. The van der Waals surface area contributed by atoms with Crippen LogP contribution >= 0.6 is 28.3 Å². The van der Waals surface area contributed by atoms with E-state index in [4.69, 9.17) is 9.47 Å². The minimum atomic E-state index is 0. The molecule has 0 amide bonds. The lowest BCUT2D eigenvalue weighted by molar-refractivity contribution is 0.174. The van der Waals surface area contributed by atoms with Gasteiger partial charge < -0.3 is 14.8 Å². The molecule has 0 radical (unpaired) electrons. The lowest BCUT2D eigenvalue weighted by Crippen LogP contribution is -2.35. The molecule has 0 spiro atoms. The summed E-state index contributed by atoms with van der Waals surface area (Å²) in [7, 11) is 0. The molecule has 1 aromatic rings. The maximum atomic E-state index is 5.34. The van der Waals surface area contributed by atoms with E-state index >= 15 is 0 Å². The molecule has 5 heteroatoms. The molecular formula is C10H11BrClNO2. The molecular weight excluding hydrogens is 281 g/mol.